The number of ether oxygens (including phenoxy) is 1. The number of hydrogen-bond donors (Lipinski definition) is 1. The van der Waals surface area contributed by atoms with Crippen molar-refractivity contribution in [3.05, 3.63) is 0 Å². The Balaban J connectivity index is 2.35. The van der Waals surface area contributed by atoms with Gasteiger partial charge in [0.1, 0.15) is 0 Å². The van der Waals surface area contributed by atoms with Crippen LogP contribution < -0.4 is 5.32 Å². The molecule has 0 spiro atoms. The molecule has 0 aliphatic carbocycles. The average molecular weight is 171 g/mol. The second kappa shape index (κ2) is 3.44. The predicted molar refractivity (Wildman–Crippen MR) is 46.9 cm³/mol. The highest BCUT2D eigenvalue weighted by Gasteiger charge is 2.33. The molecular weight excluding hydrogens is 154 g/mol. The van der Waals surface area contributed by atoms with Crippen molar-refractivity contribution < 1.29 is 9.53 Å². The summed E-state index contributed by atoms with van der Waals surface area (Å²) in [5, 5.41) is 2.92. The lowest BCUT2D eigenvalue weighted by molar-refractivity contribution is -0.120. The molecule has 0 radical (unpaired) electrons. The van der Waals surface area contributed by atoms with Gasteiger partial charge in [0.25, 0.3) is 0 Å². The van der Waals surface area contributed by atoms with Gasteiger partial charge in [0.05, 0.1) is 18.2 Å². The van der Waals surface area contributed by atoms with Crippen molar-refractivity contribution in [3.8, 4) is 0 Å². The lowest BCUT2D eigenvalue weighted by Gasteiger charge is -2.24. The van der Waals surface area contributed by atoms with Crippen LogP contribution >= 0.6 is 0 Å². The Morgan fingerprint density at radius 3 is 2.75 bits per heavy atom. The number of carbonyl (C=O) groups is 1. The maximum Gasteiger partial charge on any atom is 0.220 e. The van der Waals surface area contributed by atoms with Crippen LogP contribution in [0.2, 0.25) is 0 Å². The Labute approximate surface area is 73.5 Å². The first kappa shape index (κ1) is 9.52. The molecule has 1 saturated heterocycles. The minimum absolute atomic E-state index is 0.124. The minimum Gasteiger partial charge on any atom is -0.376 e. The number of nitrogens with one attached hydrogen (secondary N) is 1. The molecule has 1 fully saturated rings. The van der Waals surface area contributed by atoms with E-state index in [0.29, 0.717) is 13.0 Å². The lowest BCUT2D eigenvalue weighted by atomic mass is 10.0. The van der Waals surface area contributed by atoms with E-state index in [4.69, 9.17) is 4.74 Å². The lowest BCUT2D eigenvalue weighted by Crippen LogP contribution is -2.43. The molecule has 1 atom stereocenters. The molecule has 3 heteroatoms. The highest BCUT2D eigenvalue weighted by Crippen LogP contribution is 2.19. The van der Waals surface area contributed by atoms with E-state index in [1.807, 2.05) is 20.8 Å². The molecule has 1 heterocycles. The molecule has 70 valence electrons. The minimum atomic E-state index is -0.124. The molecule has 0 unspecified atom stereocenters. The van der Waals surface area contributed by atoms with Crippen LogP contribution in [0, 0.1) is 0 Å². The summed E-state index contributed by atoms with van der Waals surface area (Å²) in [4.78, 5) is 10.9. The standard InChI is InChI=1S/C9H17NO2/c1-7(2)12-6-9(3)5-4-8(11)10-9/h7H,4-6H2,1-3H3,(H,10,11)/t9-/m1/s1. The summed E-state index contributed by atoms with van der Waals surface area (Å²) >= 11 is 0. The Morgan fingerprint density at radius 2 is 2.33 bits per heavy atom. The van der Waals surface area contributed by atoms with E-state index in [-0.39, 0.29) is 17.6 Å². The largest absolute Gasteiger partial charge is 0.376 e. The fourth-order valence-corrected chi connectivity index (χ4v) is 1.31. The van der Waals surface area contributed by atoms with Crippen LogP contribution in [0.15, 0.2) is 0 Å². The van der Waals surface area contributed by atoms with Gasteiger partial charge in [-0.1, -0.05) is 0 Å². The topological polar surface area (TPSA) is 38.3 Å². The Bertz CT molecular complexity index is 179. The molecule has 1 aliphatic rings. The normalized spacial score (nSPS) is 29.5. The van der Waals surface area contributed by atoms with Crippen molar-refractivity contribution in [2.75, 3.05) is 6.61 Å². The molecule has 1 amide bonds. The number of amides is 1. The molecule has 0 aromatic rings. The average Bonchev–Trinajstić information content (AvgIpc) is 2.29. The zero-order chi connectivity index (χ0) is 9.19. The van der Waals surface area contributed by atoms with E-state index in [1.165, 1.54) is 0 Å². The molecule has 0 aromatic carbocycles. The number of carbonyl (C=O) groups excluding carboxylic acids is 1. The van der Waals surface area contributed by atoms with Crippen LogP contribution in [0.4, 0.5) is 0 Å². The summed E-state index contributed by atoms with van der Waals surface area (Å²) < 4.78 is 5.46. The van der Waals surface area contributed by atoms with Crippen molar-refractivity contribution in [2.45, 2.75) is 45.3 Å². The van der Waals surface area contributed by atoms with Gasteiger partial charge in [-0.25, -0.2) is 0 Å². The van der Waals surface area contributed by atoms with Gasteiger partial charge in [-0.15, -0.1) is 0 Å². The maximum atomic E-state index is 10.9. The molecule has 3 nitrogen and oxygen atoms in total. The SMILES string of the molecule is CC(C)OC[C@@]1(C)CCC(=O)N1. The molecule has 1 N–H and O–H groups in total. The third-order valence-electron chi connectivity index (χ3n) is 2.08. The van der Waals surface area contributed by atoms with Gasteiger partial charge in [0.2, 0.25) is 5.91 Å². The maximum absolute atomic E-state index is 10.9. The van der Waals surface area contributed by atoms with Crippen molar-refractivity contribution in [3.63, 3.8) is 0 Å². The molecular formula is C9H17NO2. The first-order valence-corrected chi connectivity index (χ1v) is 4.44. The second-order valence-corrected chi connectivity index (χ2v) is 3.97. The summed E-state index contributed by atoms with van der Waals surface area (Å²) in [6.07, 6.45) is 1.76. The number of hydrogen-bond acceptors (Lipinski definition) is 2. The fraction of sp³-hybridized carbons (Fsp3) is 0.889. The number of rotatable bonds is 3. The van der Waals surface area contributed by atoms with Crippen molar-refractivity contribution in [1.29, 1.82) is 0 Å². The summed E-state index contributed by atoms with van der Waals surface area (Å²) in [6, 6.07) is 0. The molecule has 0 aromatic heterocycles. The Morgan fingerprint density at radius 1 is 1.67 bits per heavy atom. The summed E-state index contributed by atoms with van der Waals surface area (Å²) in [5.41, 5.74) is -0.124. The molecule has 0 bridgehead atoms. The van der Waals surface area contributed by atoms with Gasteiger partial charge in [0, 0.05) is 6.42 Å². The highest BCUT2D eigenvalue weighted by molar-refractivity contribution is 5.79. The molecule has 1 aliphatic heterocycles. The first-order chi connectivity index (χ1) is 5.52. The predicted octanol–water partition coefficient (Wildman–Crippen LogP) is 1.08. The second-order valence-electron chi connectivity index (χ2n) is 3.97. The van der Waals surface area contributed by atoms with E-state index < -0.39 is 0 Å². The molecule has 1 rings (SSSR count). The van der Waals surface area contributed by atoms with E-state index in [9.17, 15) is 4.79 Å². The Kier molecular flexibility index (Phi) is 2.73. The third-order valence-corrected chi connectivity index (χ3v) is 2.08. The zero-order valence-corrected chi connectivity index (χ0v) is 8.02. The van der Waals surface area contributed by atoms with Crippen molar-refractivity contribution in [1.82, 2.24) is 5.32 Å². The quantitative estimate of drug-likeness (QED) is 0.690. The molecule has 0 saturated carbocycles. The van der Waals surface area contributed by atoms with Gasteiger partial charge < -0.3 is 10.1 Å². The van der Waals surface area contributed by atoms with Crippen molar-refractivity contribution >= 4 is 5.91 Å². The highest BCUT2D eigenvalue weighted by atomic mass is 16.5. The van der Waals surface area contributed by atoms with Crippen LogP contribution in [-0.2, 0) is 9.53 Å². The Hall–Kier alpha value is -0.570. The smallest absolute Gasteiger partial charge is 0.220 e. The van der Waals surface area contributed by atoms with E-state index in [0.717, 1.165) is 6.42 Å². The van der Waals surface area contributed by atoms with Crippen molar-refractivity contribution in [2.24, 2.45) is 0 Å². The third kappa shape index (κ3) is 2.48. The van der Waals surface area contributed by atoms with Gasteiger partial charge in [-0.3, -0.25) is 4.79 Å². The zero-order valence-electron chi connectivity index (χ0n) is 8.02. The summed E-state index contributed by atoms with van der Waals surface area (Å²) in [7, 11) is 0. The van der Waals surface area contributed by atoms with Gasteiger partial charge in [0.15, 0.2) is 0 Å². The van der Waals surface area contributed by atoms with Gasteiger partial charge in [-0.2, -0.15) is 0 Å². The van der Waals surface area contributed by atoms with E-state index in [2.05, 4.69) is 5.32 Å². The van der Waals surface area contributed by atoms with Crippen LogP contribution in [0.5, 0.6) is 0 Å². The van der Waals surface area contributed by atoms with Gasteiger partial charge in [-0.05, 0) is 27.2 Å². The molecule has 12 heavy (non-hydrogen) atoms. The van der Waals surface area contributed by atoms with E-state index >= 15 is 0 Å². The summed E-state index contributed by atoms with van der Waals surface area (Å²) in [6.45, 7) is 6.65. The van der Waals surface area contributed by atoms with Crippen LogP contribution in [0.1, 0.15) is 33.6 Å². The van der Waals surface area contributed by atoms with E-state index in [1.54, 1.807) is 0 Å². The van der Waals surface area contributed by atoms with Crippen LogP contribution in [0.3, 0.4) is 0 Å². The monoisotopic (exact) mass is 171 g/mol. The fourth-order valence-electron chi connectivity index (χ4n) is 1.31. The van der Waals surface area contributed by atoms with Crippen LogP contribution in [-0.4, -0.2) is 24.2 Å². The summed E-state index contributed by atoms with van der Waals surface area (Å²) in [5.74, 6) is 0.143. The van der Waals surface area contributed by atoms with Gasteiger partial charge >= 0.3 is 0 Å². The van der Waals surface area contributed by atoms with Crippen LogP contribution in [0.25, 0.3) is 0 Å². The first-order valence-electron chi connectivity index (χ1n) is 4.44.